The molecular weight excluding hydrogens is 185 g/mol. The van der Waals surface area contributed by atoms with Crippen molar-refractivity contribution in [1.29, 1.82) is 0 Å². The Labute approximate surface area is 79.6 Å². The predicted molar refractivity (Wildman–Crippen MR) is 49.4 cm³/mol. The molecule has 0 fully saturated rings. The van der Waals surface area contributed by atoms with Gasteiger partial charge in [0.1, 0.15) is 0 Å². The van der Waals surface area contributed by atoms with Crippen LogP contribution >= 0.6 is 0 Å². The van der Waals surface area contributed by atoms with Gasteiger partial charge in [-0.05, 0) is 24.3 Å². The van der Waals surface area contributed by atoms with Crippen LogP contribution in [0.2, 0.25) is 0 Å². The highest BCUT2D eigenvalue weighted by atomic mass is 19.3. The number of nitrogens with zero attached hydrogens (tertiary/aromatic N) is 1. The van der Waals surface area contributed by atoms with E-state index >= 15 is 0 Å². The second-order valence-electron chi connectivity index (χ2n) is 3.06. The Bertz CT molecular complexity index is 490. The molecule has 2 aromatic rings. The number of carbonyl (C=O) groups is 1. The van der Waals surface area contributed by atoms with Crippen LogP contribution in [0.1, 0.15) is 10.4 Å². The molecule has 0 saturated carbocycles. The van der Waals surface area contributed by atoms with Gasteiger partial charge < -0.3 is 4.57 Å². The van der Waals surface area contributed by atoms with E-state index in [-0.39, 0.29) is 5.56 Å². The zero-order valence-corrected chi connectivity index (χ0v) is 7.53. The Balaban J connectivity index is 2.57. The fourth-order valence-electron chi connectivity index (χ4n) is 1.45. The summed E-state index contributed by atoms with van der Waals surface area (Å²) in [5.41, 5.74) is 1.20. The van der Waals surface area contributed by atoms with E-state index in [0.717, 1.165) is 10.9 Å². The number of carbonyl (C=O) groups excluding carboxylic acids is 1. The second-order valence-corrected chi connectivity index (χ2v) is 3.06. The number of hydrogen-bond acceptors (Lipinski definition) is 2. The summed E-state index contributed by atoms with van der Waals surface area (Å²) < 4.78 is 13.5. The summed E-state index contributed by atoms with van der Waals surface area (Å²) >= 11 is 0. The van der Waals surface area contributed by atoms with Crippen molar-refractivity contribution in [3.63, 3.8) is 0 Å². The predicted octanol–water partition coefficient (Wildman–Crippen LogP) is 2.22. The number of rotatable bonds is 1. The van der Waals surface area contributed by atoms with Gasteiger partial charge in [-0.25, -0.2) is 9.74 Å². The van der Waals surface area contributed by atoms with Gasteiger partial charge >= 0.3 is 5.97 Å². The third-order valence-corrected chi connectivity index (χ3v) is 2.19. The quantitative estimate of drug-likeness (QED) is 0.695. The van der Waals surface area contributed by atoms with Crippen LogP contribution in [0.15, 0.2) is 30.5 Å². The smallest absolute Gasteiger partial charge is 0.351 e. The topological polar surface area (TPSA) is 31.2 Å². The lowest BCUT2D eigenvalue weighted by Gasteiger charge is -1.97. The summed E-state index contributed by atoms with van der Waals surface area (Å²) in [6.07, 6.45) is 1.87. The Kier molecular flexibility index (Phi) is 1.96. The van der Waals surface area contributed by atoms with Gasteiger partial charge in [0.2, 0.25) is 0 Å². The average molecular weight is 193 g/mol. The van der Waals surface area contributed by atoms with Crippen molar-refractivity contribution in [3.05, 3.63) is 36.0 Å². The highest BCUT2D eigenvalue weighted by Gasteiger charge is 2.08. The molecule has 0 amide bonds. The molecule has 0 spiro atoms. The lowest BCUT2D eigenvalue weighted by Crippen LogP contribution is -1.98. The van der Waals surface area contributed by atoms with Crippen molar-refractivity contribution < 1.29 is 14.3 Å². The van der Waals surface area contributed by atoms with Gasteiger partial charge in [-0.2, -0.15) is 0 Å². The van der Waals surface area contributed by atoms with E-state index in [1.807, 2.05) is 23.9 Å². The van der Waals surface area contributed by atoms with Crippen LogP contribution in [0.3, 0.4) is 0 Å². The summed E-state index contributed by atoms with van der Waals surface area (Å²) in [6.45, 7) is 0. The number of aromatic nitrogens is 1. The number of aryl methyl sites for hydroxylation is 1. The number of halogens is 1. The normalized spacial score (nSPS) is 10.4. The summed E-state index contributed by atoms with van der Waals surface area (Å²) in [6, 6.07) is 6.73. The first-order valence-corrected chi connectivity index (χ1v) is 4.10. The highest BCUT2D eigenvalue weighted by molar-refractivity contribution is 5.94. The maximum absolute atomic E-state index is 11.6. The molecule has 14 heavy (non-hydrogen) atoms. The molecule has 1 aromatic carbocycles. The molecule has 72 valence electrons. The fraction of sp³-hybridized carbons (Fsp3) is 0.100. The molecule has 0 aliphatic heterocycles. The molecular formula is C10H8FNO2. The summed E-state index contributed by atoms with van der Waals surface area (Å²) in [5.74, 6) is -0.962. The Morgan fingerprint density at radius 2 is 2.21 bits per heavy atom. The van der Waals surface area contributed by atoms with E-state index in [9.17, 15) is 9.32 Å². The minimum atomic E-state index is -0.962. The lowest BCUT2D eigenvalue weighted by molar-refractivity contribution is -0.0787. The van der Waals surface area contributed by atoms with Gasteiger partial charge in [0, 0.05) is 28.7 Å². The first-order valence-electron chi connectivity index (χ1n) is 4.10. The Morgan fingerprint density at radius 3 is 2.93 bits per heavy atom. The van der Waals surface area contributed by atoms with Crippen LogP contribution < -0.4 is 0 Å². The molecule has 0 atom stereocenters. The fourth-order valence-corrected chi connectivity index (χ4v) is 1.45. The van der Waals surface area contributed by atoms with E-state index in [2.05, 4.69) is 4.94 Å². The molecule has 0 bridgehead atoms. The number of fused-ring (bicyclic) bond motifs is 1. The Morgan fingerprint density at radius 1 is 1.43 bits per heavy atom. The number of benzene rings is 1. The van der Waals surface area contributed by atoms with E-state index in [4.69, 9.17) is 0 Å². The van der Waals surface area contributed by atoms with Crippen molar-refractivity contribution in [2.75, 3.05) is 0 Å². The molecule has 3 nitrogen and oxygen atoms in total. The monoisotopic (exact) mass is 193 g/mol. The van der Waals surface area contributed by atoms with Gasteiger partial charge in [-0.1, -0.05) is 0 Å². The van der Waals surface area contributed by atoms with Crippen molar-refractivity contribution in [1.82, 2.24) is 4.57 Å². The van der Waals surface area contributed by atoms with E-state index in [1.54, 1.807) is 12.1 Å². The standard InChI is InChI=1S/C10H8FNO2/c1-12-5-4-7-6-8(10(13)14-11)2-3-9(7)12/h2-6H,1H3. The van der Waals surface area contributed by atoms with Crippen LogP contribution in [0.4, 0.5) is 4.53 Å². The van der Waals surface area contributed by atoms with Crippen LogP contribution in [0.25, 0.3) is 10.9 Å². The van der Waals surface area contributed by atoms with Gasteiger partial charge in [0.25, 0.3) is 0 Å². The molecule has 1 heterocycles. The number of hydrogen-bond donors (Lipinski definition) is 0. The maximum Gasteiger partial charge on any atom is 0.379 e. The SMILES string of the molecule is Cn1ccc2cc(C(=O)OF)ccc21. The largest absolute Gasteiger partial charge is 0.379 e. The lowest BCUT2D eigenvalue weighted by atomic mass is 10.1. The first kappa shape index (κ1) is 8.74. The Hall–Kier alpha value is -1.84. The van der Waals surface area contributed by atoms with Gasteiger partial charge in [0.05, 0.1) is 5.56 Å². The van der Waals surface area contributed by atoms with Crippen molar-refractivity contribution >= 4 is 16.9 Å². The van der Waals surface area contributed by atoms with Crippen molar-refractivity contribution in [3.8, 4) is 0 Å². The van der Waals surface area contributed by atoms with Crippen LogP contribution in [0.5, 0.6) is 0 Å². The van der Waals surface area contributed by atoms with E-state index in [0.29, 0.717) is 0 Å². The molecule has 0 aliphatic rings. The summed E-state index contributed by atoms with van der Waals surface area (Å²) in [5, 5.41) is 0.885. The molecule has 1 aromatic heterocycles. The van der Waals surface area contributed by atoms with Crippen molar-refractivity contribution in [2.24, 2.45) is 7.05 Å². The van der Waals surface area contributed by atoms with E-state index in [1.165, 1.54) is 6.07 Å². The van der Waals surface area contributed by atoms with Gasteiger partial charge in [0.15, 0.2) is 0 Å². The molecule has 0 N–H and O–H groups in total. The van der Waals surface area contributed by atoms with Gasteiger partial charge in [-0.15, -0.1) is 0 Å². The minimum Gasteiger partial charge on any atom is -0.351 e. The third-order valence-electron chi connectivity index (χ3n) is 2.19. The molecule has 4 heteroatoms. The summed E-state index contributed by atoms with van der Waals surface area (Å²) in [4.78, 5) is 14.0. The zero-order chi connectivity index (χ0) is 10.1. The third kappa shape index (κ3) is 1.25. The minimum absolute atomic E-state index is 0.214. The van der Waals surface area contributed by atoms with Crippen LogP contribution in [-0.4, -0.2) is 10.5 Å². The van der Waals surface area contributed by atoms with Crippen molar-refractivity contribution in [2.45, 2.75) is 0 Å². The molecule has 0 aliphatic carbocycles. The van der Waals surface area contributed by atoms with E-state index < -0.39 is 5.97 Å². The zero-order valence-electron chi connectivity index (χ0n) is 7.53. The van der Waals surface area contributed by atoms with Crippen LogP contribution in [0, 0.1) is 0 Å². The molecule has 0 radical (unpaired) electrons. The molecule has 0 saturated heterocycles. The molecule has 0 unspecified atom stereocenters. The maximum atomic E-state index is 11.6. The summed E-state index contributed by atoms with van der Waals surface area (Å²) in [7, 11) is 1.90. The van der Waals surface area contributed by atoms with Gasteiger partial charge in [-0.3, -0.25) is 0 Å². The average Bonchev–Trinajstić information content (AvgIpc) is 2.59. The molecule has 2 rings (SSSR count). The highest BCUT2D eigenvalue weighted by Crippen LogP contribution is 2.17. The second kappa shape index (κ2) is 3.14. The van der Waals surface area contributed by atoms with Crippen LogP contribution in [-0.2, 0) is 12.0 Å². The first-order chi connectivity index (χ1) is 6.72.